The van der Waals surface area contributed by atoms with E-state index in [1.807, 2.05) is 30.5 Å². The van der Waals surface area contributed by atoms with Crippen molar-refractivity contribution in [3.63, 3.8) is 0 Å². The highest BCUT2D eigenvalue weighted by Crippen LogP contribution is 2.50. The van der Waals surface area contributed by atoms with E-state index in [2.05, 4.69) is 31.1 Å². The standard InChI is InChI=1S/C36H42N6O7S/c1-20(43)37-26-12-10-21-17-30(47-3)33(48-4)34(49-5)32(21)24-11-13-27(29(44)18-25(24)26)39-28(14-15-50-6)36(45)38-23-9-7-8-22(16-23)35-40-31(19-46-2)41-42-35/h7-9,11,13,16-18,26,28H,10,12,14-15,19H2,1-6H3,(H,37,43)(H,38,45)(H,39,44)(H,40,41,42). The summed E-state index contributed by atoms with van der Waals surface area (Å²) in [5.74, 6) is 2.60. The summed E-state index contributed by atoms with van der Waals surface area (Å²) in [6, 6.07) is 13.0. The Bertz CT molecular complexity index is 1920. The first-order valence-electron chi connectivity index (χ1n) is 16.1. The lowest BCUT2D eigenvalue weighted by atomic mass is 9.95. The third-order valence-electron chi connectivity index (χ3n) is 8.37. The number of aromatic nitrogens is 3. The number of aromatic amines is 1. The fourth-order valence-corrected chi connectivity index (χ4v) is 6.58. The van der Waals surface area contributed by atoms with Gasteiger partial charge < -0.3 is 34.9 Å². The molecule has 14 heteroatoms. The van der Waals surface area contributed by atoms with Crippen molar-refractivity contribution in [2.45, 2.75) is 44.9 Å². The van der Waals surface area contributed by atoms with Crippen molar-refractivity contribution >= 4 is 35.0 Å². The van der Waals surface area contributed by atoms with E-state index in [0.717, 1.165) is 11.1 Å². The average molecular weight is 703 g/mol. The fourth-order valence-electron chi connectivity index (χ4n) is 6.11. The first-order chi connectivity index (χ1) is 24.2. The molecule has 4 aromatic rings. The number of rotatable bonds is 14. The Labute approximate surface area is 294 Å². The summed E-state index contributed by atoms with van der Waals surface area (Å²) < 4.78 is 22.3. The second-order valence-electron chi connectivity index (χ2n) is 11.7. The molecule has 3 aromatic carbocycles. The molecule has 0 saturated heterocycles. The van der Waals surface area contributed by atoms with Crippen LogP contribution in [0, 0.1) is 0 Å². The van der Waals surface area contributed by atoms with Crippen LogP contribution in [0.1, 0.15) is 42.8 Å². The number of thioether (sulfide) groups is 1. The molecule has 50 heavy (non-hydrogen) atoms. The number of nitrogens with one attached hydrogen (secondary N) is 4. The Morgan fingerprint density at radius 1 is 1.04 bits per heavy atom. The summed E-state index contributed by atoms with van der Waals surface area (Å²) in [7, 11) is 6.23. The monoisotopic (exact) mass is 702 g/mol. The molecular formula is C36H42N6O7S. The normalized spacial score (nSPS) is 14.0. The molecule has 2 amide bonds. The second kappa shape index (κ2) is 16.5. The molecule has 2 atom stereocenters. The van der Waals surface area contributed by atoms with Crippen LogP contribution >= 0.6 is 11.8 Å². The quantitative estimate of drug-likeness (QED) is 0.140. The molecule has 0 radical (unpaired) electrons. The highest BCUT2D eigenvalue weighted by molar-refractivity contribution is 7.98. The first-order valence-corrected chi connectivity index (χ1v) is 17.4. The van der Waals surface area contributed by atoms with Gasteiger partial charge in [-0.3, -0.25) is 19.5 Å². The summed E-state index contributed by atoms with van der Waals surface area (Å²) in [4.78, 5) is 44.5. The van der Waals surface area contributed by atoms with Crippen molar-refractivity contribution in [1.82, 2.24) is 20.5 Å². The molecule has 13 nitrogen and oxygen atoms in total. The number of nitrogens with zero attached hydrogens (tertiary/aromatic N) is 2. The van der Waals surface area contributed by atoms with Gasteiger partial charge in [0.1, 0.15) is 12.6 Å². The second-order valence-corrected chi connectivity index (χ2v) is 12.7. The van der Waals surface area contributed by atoms with Gasteiger partial charge in [0.2, 0.25) is 23.0 Å². The average Bonchev–Trinajstić information content (AvgIpc) is 3.46. The van der Waals surface area contributed by atoms with Crippen LogP contribution in [0.25, 0.3) is 22.5 Å². The molecule has 1 aliphatic rings. The summed E-state index contributed by atoms with van der Waals surface area (Å²) in [6.07, 6.45) is 3.52. The number of ether oxygens (including phenoxy) is 4. The van der Waals surface area contributed by atoms with Crippen LogP contribution in [0.4, 0.5) is 11.4 Å². The molecule has 1 aromatic heterocycles. The van der Waals surface area contributed by atoms with Crippen LogP contribution in [-0.4, -0.2) is 73.5 Å². The maximum absolute atomic E-state index is 14.0. The molecule has 264 valence electrons. The van der Waals surface area contributed by atoms with Gasteiger partial charge in [-0.25, -0.2) is 4.98 Å². The highest BCUT2D eigenvalue weighted by atomic mass is 32.2. The number of carbonyl (C=O) groups is 2. The van der Waals surface area contributed by atoms with E-state index in [0.29, 0.717) is 82.9 Å². The van der Waals surface area contributed by atoms with Gasteiger partial charge in [-0.05, 0) is 78.3 Å². The van der Waals surface area contributed by atoms with Crippen molar-refractivity contribution in [3.05, 3.63) is 75.7 Å². The van der Waals surface area contributed by atoms with E-state index in [1.54, 1.807) is 51.3 Å². The Hall–Kier alpha value is -5.08. The molecule has 0 bridgehead atoms. The van der Waals surface area contributed by atoms with Crippen molar-refractivity contribution in [1.29, 1.82) is 0 Å². The number of hydrogen-bond acceptors (Lipinski definition) is 11. The van der Waals surface area contributed by atoms with Crippen molar-refractivity contribution < 1.29 is 28.5 Å². The van der Waals surface area contributed by atoms with Gasteiger partial charge in [-0.15, -0.1) is 0 Å². The molecule has 0 aliphatic heterocycles. The lowest BCUT2D eigenvalue weighted by molar-refractivity contribution is -0.120. The zero-order valence-corrected chi connectivity index (χ0v) is 29.8. The van der Waals surface area contributed by atoms with E-state index < -0.39 is 12.1 Å². The number of amides is 2. The minimum Gasteiger partial charge on any atom is -0.493 e. The molecule has 0 fully saturated rings. The summed E-state index contributed by atoms with van der Waals surface area (Å²) >= 11 is 1.60. The van der Waals surface area contributed by atoms with E-state index >= 15 is 0 Å². The number of H-pyrrole nitrogens is 1. The van der Waals surface area contributed by atoms with Crippen LogP contribution in [0.2, 0.25) is 0 Å². The van der Waals surface area contributed by atoms with Gasteiger partial charge in [-0.2, -0.15) is 16.9 Å². The first kappa shape index (κ1) is 36.2. The van der Waals surface area contributed by atoms with Gasteiger partial charge in [0.05, 0.1) is 33.1 Å². The van der Waals surface area contributed by atoms with Crippen LogP contribution in [-0.2, 0) is 27.4 Å². The Balaban J connectivity index is 1.52. The molecule has 2 unspecified atom stereocenters. The zero-order chi connectivity index (χ0) is 35.8. The van der Waals surface area contributed by atoms with Gasteiger partial charge >= 0.3 is 0 Å². The van der Waals surface area contributed by atoms with Gasteiger partial charge in [0.25, 0.3) is 0 Å². The van der Waals surface area contributed by atoms with Crippen LogP contribution in [0.5, 0.6) is 17.2 Å². The smallest absolute Gasteiger partial charge is 0.246 e. The lowest BCUT2D eigenvalue weighted by Gasteiger charge is -2.19. The summed E-state index contributed by atoms with van der Waals surface area (Å²) in [5, 5.41) is 16.3. The molecule has 1 heterocycles. The SMILES string of the molecule is COCc1nc(-c2cccc(NC(=O)C(CCSC)Nc3ccc4c(cc3=O)C(NC(C)=O)CCc3cc(OC)c(OC)c(OC)c3-4)c2)n[nH]1. The molecular weight excluding hydrogens is 660 g/mol. The molecule has 0 saturated carbocycles. The van der Waals surface area contributed by atoms with E-state index in [4.69, 9.17) is 18.9 Å². The van der Waals surface area contributed by atoms with Crippen molar-refractivity contribution in [2.24, 2.45) is 0 Å². The molecule has 1 aliphatic carbocycles. The number of anilines is 2. The number of aryl methyl sites for hydroxylation is 1. The van der Waals surface area contributed by atoms with E-state index in [1.165, 1.54) is 20.1 Å². The zero-order valence-electron chi connectivity index (χ0n) is 29.0. The number of benzene rings is 2. The Morgan fingerprint density at radius 3 is 2.54 bits per heavy atom. The maximum Gasteiger partial charge on any atom is 0.246 e. The minimum atomic E-state index is -0.741. The third-order valence-corrected chi connectivity index (χ3v) is 9.02. The molecule has 0 spiro atoms. The summed E-state index contributed by atoms with van der Waals surface area (Å²) in [5.41, 5.74) is 4.17. The number of hydrogen-bond donors (Lipinski definition) is 4. The van der Waals surface area contributed by atoms with Crippen LogP contribution in [0.15, 0.2) is 53.3 Å². The number of methoxy groups -OCH3 is 4. The predicted octanol–water partition coefficient (Wildman–Crippen LogP) is 4.97. The van der Waals surface area contributed by atoms with Crippen LogP contribution in [0.3, 0.4) is 0 Å². The van der Waals surface area contributed by atoms with Crippen molar-refractivity contribution in [3.8, 4) is 39.8 Å². The number of carbonyl (C=O) groups excluding carboxylic acids is 2. The molecule has 5 rings (SSSR count). The van der Waals surface area contributed by atoms with Crippen molar-refractivity contribution in [2.75, 3.05) is 51.1 Å². The topological polar surface area (TPSA) is 166 Å². The van der Waals surface area contributed by atoms with Crippen LogP contribution < -0.4 is 35.6 Å². The largest absolute Gasteiger partial charge is 0.493 e. The summed E-state index contributed by atoms with van der Waals surface area (Å²) in [6.45, 7) is 1.75. The molecule has 4 N–H and O–H groups in total. The Morgan fingerprint density at radius 2 is 1.84 bits per heavy atom. The van der Waals surface area contributed by atoms with E-state index in [9.17, 15) is 14.4 Å². The van der Waals surface area contributed by atoms with E-state index in [-0.39, 0.29) is 22.9 Å². The Kier molecular flexibility index (Phi) is 12.0. The lowest BCUT2D eigenvalue weighted by Crippen LogP contribution is -2.36. The third kappa shape index (κ3) is 8.03. The van der Waals surface area contributed by atoms with Gasteiger partial charge in [-0.1, -0.05) is 18.2 Å². The highest BCUT2D eigenvalue weighted by Gasteiger charge is 2.30. The number of fused-ring (bicyclic) bond motifs is 3. The fraction of sp³-hybridized carbons (Fsp3) is 0.361. The van der Waals surface area contributed by atoms with Gasteiger partial charge in [0, 0.05) is 30.8 Å². The predicted molar refractivity (Wildman–Crippen MR) is 194 cm³/mol. The maximum atomic E-state index is 14.0. The minimum absolute atomic E-state index is 0.220. The van der Waals surface area contributed by atoms with Gasteiger partial charge in [0.15, 0.2) is 23.1 Å².